The molecule has 0 aromatic heterocycles. The average Bonchev–Trinajstić information content (AvgIpc) is 2.85. The Kier molecular flexibility index (Phi) is 9.81. The molecule has 0 heterocycles. The second-order valence-electron chi connectivity index (χ2n) is 8.00. The van der Waals surface area contributed by atoms with Crippen molar-refractivity contribution in [3.63, 3.8) is 0 Å². The summed E-state index contributed by atoms with van der Waals surface area (Å²) in [6.07, 6.45) is 1.56. The van der Waals surface area contributed by atoms with Crippen molar-refractivity contribution in [2.45, 2.75) is 32.7 Å². The van der Waals surface area contributed by atoms with Crippen molar-refractivity contribution in [1.29, 1.82) is 0 Å². The SMILES string of the molecule is CCC(C)NC(=O)c1cccc(NC(=S)NC(=O)c2cc(Br)ccc2OCCc2ccccc2)c1. The number of hydrogen-bond donors (Lipinski definition) is 3. The average molecular weight is 555 g/mol. The Labute approximate surface area is 219 Å². The topological polar surface area (TPSA) is 79.5 Å². The van der Waals surface area contributed by atoms with Gasteiger partial charge in [-0.05, 0) is 67.5 Å². The highest BCUT2D eigenvalue weighted by Crippen LogP contribution is 2.24. The molecule has 0 bridgehead atoms. The van der Waals surface area contributed by atoms with Crippen molar-refractivity contribution in [2.24, 2.45) is 0 Å². The van der Waals surface area contributed by atoms with Crippen LogP contribution in [0.25, 0.3) is 0 Å². The summed E-state index contributed by atoms with van der Waals surface area (Å²) in [5, 5.41) is 8.71. The third-order valence-electron chi connectivity index (χ3n) is 5.28. The molecule has 0 saturated carbocycles. The van der Waals surface area contributed by atoms with E-state index in [1.807, 2.05) is 50.2 Å². The van der Waals surface area contributed by atoms with Crippen LogP contribution in [0, 0.1) is 0 Å². The molecule has 2 amide bonds. The molecule has 35 heavy (non-hydrogen) atoms. The number of benzene rings is 3. The largest absolute Gasteiger partial charge is 0.492 e. The molecule has 0 fully saturated rings. The Morgan fingerprint density at radius 2 is 1.77 bits per heavy atom. The maximum Gasteiger partial charge on any atom is 0.261 e. The van der Waals surface area contributed by atoms with Gasteiger partial charge in [-0.3, -0.25) is 14.9 Å². The molecule has 1 unspecified atom stereocenters. The van der Waals surface area contributed by atoms with E-state index in [1.165, 1.54) is 0 Å². The van der Waals surface area contributed by atoms with Crippen LogP contribution in [0.1, 0.15) is 46.5 Å². The summed E-state index contributed by atoms with van der Waals surface area (Å²) in [5.74, 6) is -0.0956. The van der Waals surface area contributed by atoms with E-state index in [-0.39, 0.29) is 17.1 Å². The van der Waals surface area contributed by atoms with Gasteiger partial charge >= 0.3 is 0 Å². The van der Waals surface area contributed by atoms with Gasteiger partial charge < -0.3 is 15.4 Å². The summed E-state index contributed by atoms with van der Waals surface area (Å²) in [7, 11) is 0. The molecule has 0 saturated heterocycles. The normalized spacial score (nSPS) is 11.3. The van der Waals surface area contributed by atoms with E-state index in [0.717, 1.165) is 22.9 Å². The second-order valence-corrected chi connectivity index (χ2v) is 9.32. The Morgan fingerprint density at radius 1 is 1.00 bits per heavy atom. The molecular weight excluding hydrogens is 526 g/mol. The molecule has 8 heteroatoms. The first-order chi connectivity index (χ1) is 16.9. The lowest BCUT2D eigenvalue weighted by Gasteiger charge is -2.15. The van der Waals surface area contributed by atoms with E-state index in [9.17, 15) is 9.59 Å². The number of rotatable bonds is 9. The summed E-state index contributed by atoms with van der Waals surface area (Å²) in [5.41, 5.74) is 2.62. The van der Waals surface area contributed by atoms with Gasteiger partial charge in [0.2, 0.25) is 0 Å². The lowest BCUT2D eigenvalue weighted by Crippen LogP contribution is -2.34. The van der Waals surface area contributed by atoms with Crippen LogP contribution in [0.2, 0.25) is 0 Å². The smallest absolute Gasteiger partial charge is 0.261 e. The van der Waals surface area contributed by atoms with Crippen LogP contribution in [0.15, 0.2) is 77.3 Å². The van der Waals surface area contributed by atoms with Crippen LogP contribution >= 0.6 is 28.1 Å². The number of amides is 2. The molecule has 3 N–H and O–H groups in total. The van der Waals surface area contributed by atoms with Crippen molar-refractivity contribution in [1.82, 2.24) is 10.6 Å². The fourth-order valence-corrected chi connectivity index (χ4v) is 3.78. The molecule has 3 aromatic carbocycles. The Bertz CT molecular complexity index is 1190. The fraction of sp³-hybridized carbons (Fsp3) is 0.222. The molecule has 182 valence electrons. The lowest BCUT2D eigenvalue weighted by atomic mass is 10.1. The van der Waals surface area contributed by atoms with E-state index >= 15 is 0 Å². The standard InChI is InChI=1S/C27H28BrN3O3S/c1-3-18(2)29-25(32)20-10-7-11-22(16-20)30-27(35)31-26(33)23-17-21(28)12-13-24(23)34-15-14-19-8-5-4-6-9-19/h4-13,16-18H,3,14-15H2,1-2H3,(H,29,32)(H2,30,31,33,35). The van der Waals surface area contributed by atoms with Gasteiger partial charge in [-0.25, -0.2) is 0 Å². The van der Waals surface area contributed by atoms with Gasteiger partial charge in [0.15, 0.2) is 5.11 Å². The maximum absolute atomic E-state index is 13.0. The van der Waals surface area contributed by atoms with Gasteiger partial charge in [0.1, 0.15) is 5.75 Å². The van der Waals surface area contributed by atoms with E-state index < -0.39 is 5.91 Å². The molecule has 3 aromatic rings. The highest BCUT2D eigenvalue weighted by atomic mass is 79.9. The predicted molar refractivity (Wildman–Crippen MR) is 147 cm³/mol. The van der Waals surface area contributed by atoms with Crippen LogP contribution in [0.4, 0.5) is 5.69 Å². The van der Waals surface area contributed by atoms with Gasteiger partial charge in [-0.1, -0.05) is 59.3 Å². The van der Waals surface area contributed by atoms with Crippen molar-refractivity contribution < 1.29 is 14.3 Å². The number of ether oxygens (including phenoxy) is 1. The third-order valence-corrected chi connectivity index (χ3v) is 5.97. The number of thiocarbonyl (C=S) groups is 1. The zero-order chi connectivity index (χ0) is 25.2. The summed E-state index contributed by atoms with van der Waals surface area (Å²) < 4.78 is 6.66. The molecule has 1 atom stereocenters. The van der Waals surface area contributed by atoms with Crippen molar-refractivity contribution >= 4 is 50.8 Å². The zero-order valence-corrected chi connectivity index (χ0v) is 22.0. The quantitative estimate of drug-likeness (QED) is 0.295. The van der Waals surface area contributed by atoms with Crippen LogP contribution < -0.4 is 20.7 Å². The van der Waals surface area contributed by atoms with Gasteiger partial charge in [-0.15, -0.1) is 0 Å². The number of nitrogens with one attached hydrogen (secondary N) is 3. The van der Waals surface area contributed by atoms with E-state index in [0.29, 0.717) is 29.2 Å². The van der Waals surface area contributed by atoms with Crippen molar-refractivity contribution in [3.8, 4) is 5.75 Å². The third kappa shape index (κ3) is 8.19. The highest BCUT2D eigenvalue weighted by Gasteiger charge is 2.16. The number of anilines is 1. The Balaban J connectivity index is 1.62. The van der Waals surface area contributed by atoms with Crippen LogP contribution in [0.3, 0.4) is 0 Å². The molecule has 0 aliphatic heterocycles. The zero-order valence-electron chi connectivity index (χ0n) is 19.6. The van der Waals surface area contributed by atoms with Gasteiger partial charge in [0.25, 0.3) is 11.8 Å². The van der Waals surface area contributed by atoms with Gasteiger partial charge in [0, 0.05) is 28.2 Å². The van der Waals surface area contributed by atoms with Crippen LogP contribution in [-0.2, 0) is 6.42 Å². The molecule has 0 aliphatic rings. The molecular formula is C27H28BrN3O3S. The molecule has 0 aliphatic carbocycles. The van der Waals surface area contributed by atoms with Crippen molar-refractivity contribution in [2.75, 3.05) is 11.9 Å². The van der Waals surface area contributed by atoms with Crippen molar-refractivity contribution in [3.05, 3.63) is 94.0 Å². The maximum atomic E-state index is 13.0. The lowest BCUT2D eigenvalue weighted by molar-refractivity contribution is 0.0937. The van der Waals surface area contributed by atoms with E-state index in [1.54, 1.807) is 36.4 Å². The number of halogens is 1. The molecule has 6 nitrogen and oxygen atoms in total. The summed E-state index contributed by atoms with van der Waals surface area (Å²) >= 11 is 8.75. The highest BCUT2D eigenvalue weighted by molar-refractivity contribution is 9.10. The molecule has 3 rings (SSSR count). The number of carbonyl (C=O) groups is 2. The van der Waals surface area contributed by atoms with Gasteiger partial charge in [0.05, 0.1) is 12.2 Å². The first-order valence-electron chi connectivity index (χ1n) is 11.3. The summed E-state index contributed by atoms with van der Waals surface area (Å²) in [4.78, 5) is 25.4. The number of carbonyl (C=O) groups excluding carboxylic acids is 2. The predicted octanol–water partition coefficient (Wildman–Crippen LogP) is 5.73. The van der Waals surface area contributed by atoms with Crippen LogP contribution in [0.5, 0.6) is 5.75 Å². The number of hydrogen-bond acceptors (Lipinski definition) is 4. The summed E-state index contributed by atoms with van der Waals surface area (Å²) in [6.45, 7) is 4.39. The molecule has 0 radical (unpaired) electrons. The fourth-order valence-electron chi connectivity index (χ4n) is 3.21. The first-order valence-corrected chi connectivity index (χ1v) is 12.6. The Morgan fingerprint density at radius 3 is 2.51 bits per heavy atom. The monoisotopic (exact) mass is 553 g/mol. The summed E-state index contributed by atoms with van der Waals surface area (Å²) in [6, 6.07) is 22.3. The minimum absolute atomic E-state index is 0.0776. The molecule has 0 spiro atoms. The van der Waals surface area contributed by atoms with Crippen LogP contribution in [-0.4, -0.2) is 29.6 Å². The van der Waals surface area contributed by atoms with E-state index in [4.69, 9.17) is 17.0 Å². The van der Waals surface area contributed by atoms with Gasteiger partial charge in [-0.2, -0.15) is 0 Å². The minimum atomic E-state index is -0.399. The first kappa shape index (κ1) is 26.4. The van der Waals surface area contributed by atoms with E-state index in [2.05, 4.69) is 31.9 Å². The second kappa shape index (κ2) is 13.0. The Hall–Kier alpha value is -3.23. The minimum Gasteiger partial charge on any atom is -0.492 e.